The maximum atomic E-state index is 11.5. The average molecular weight is 404 g/mol. The molecule has 148 valence electrons. The van der Waals surface area contributed by atoms with Gasteiger partial charge in [0, 0.05) is 11.1 Å². The second-order valence-electron chi connectivity index (χ2n) is 6.96. The van der Waals surface area contributed by atoms with Gasteiger partial charge in [0.15, 0.2) is 0 Å². The molecule has 1 amide bonds. The van der Waals surface area contributed by atoms with Crippen molar-refractivity contribution < 1.29 is 24.6 Å². The average Bonchev–Trinajstić information content (AvgIpc) is 2.68. The Morgan fingerprint density at radius 3 is 2.39 bits per heavy atom. The fourth-order valence-corrected chi connectivity index (χ4v) is 3.15. The first kappa shape index (κ1) is 21.6. The normalized spacial score (nSPS) is 14.0. The molecule has 28 heavy (non-hydrogen) atoms. The van der Waals surface area contributed by atoms with E-state index < -0.39 is 29.9 Å². The fraction of sp³-hybridized carbons (Fsp3) is 0.286. The Bertz CT molecular complexity index is 852. The van der Waals surface area contributed by atoms with Gasteiger partial charge in [0.2, 0.25) is 6.29 Å². The van der Waals surface area contributed by atoms with Gasteiger partial charge >= 0.3 is 5.97 Å². The molecular formula is C21H22ClNO5. The van der Waals surface area contributed by atoms with Crippen LogP contribution in [0.15, 0.2) is 48.5 Å². The number of carbonyl (C=O) groups excluding carboxylic acids is 2. The summed E-state index contributed by atoms with van der Waals surface area (Å²) in [5.41, 5.74) is 1.35. The molecular weight excluding hydrogens is 382 g/mol. The van der Waals surface area contributed by atoms with Crippen molar-refractivity contribution >= 4 is 29.8 Å². The molecule has 2 rings (SSSR count). The first-order valence-corrected chi connectivity index (χ1v) is 9.10. The highest BCUT2D eigenvalue weighted by molar-refractivity contribution is 6.30. The number of nitrogens with one attached hydrogen (secondary N) is 1. The van der Waals surface area contributed by atoms with Crippen molar-refractivity contribution in [2.45, 2.75) is 25.8 Å². The molecule has 0 bridgehead atoms. The van der Waals surface area contributed by atoms with E-state index in [2.05, 4.69) is 5.32 Å². The number of hydrogen-bond donors (Lipinski definition) is 3. The van der Waals surface area contributed by atoms with Gasteiger partial charge in [-0.05, 0) is 48.6 Å². The van der Waals surface area contributed by atoms with Gasteiger partial charge in [-0.3, -0.25) is 14.4 Å². The third kappa shape index (κ3) is 5.65. The minimum Gasteiger partial charge on any atom is -0.481 e. The van der Waals surface area contributed by atoms with E-state index in [1.165, 1.54) is 6.92 Å². The van der Waals surface area contributed by atoms with E-state index in [0.717, 1.165) is 16.7 Å². The van der Waals surface area contributed by atoms with Crippen molar-refractivity contribution in [3.05, 3.63) is 59.1 Å². The first-order valence-electron chi connectivity index (χ1n) is 8.72. The van der Waals surface area contributed by atoms with Crippen molar-refractivity contribution in [2.24, 2.45) is 5.41 Å². The number of aldehydes is 1. The van der Waals surface area contributed by atoms with E-state index in [4.69, 9.17) is 11.6 Å². The minimum atomic E-state index is -1.43. The lowest BCUT2D eigenvalue weighted by molar-refractivity contribution is -0.151. The van der Waals surface area contributed by atoms with Gasteiger partial charge in [-0.1, -0.05) is 48.0 Å². The Morgan fingerprint density at radius 2 is 1.86 bits per heavy atom. The third-order valence-corrected chi connectivity index (χ3v) is 4.84. The fourth-order valence-electron chi connectivity index (χ4n) is 2.96. The van der Waals surface area contributed by atoms with Crippen LogP contribution in [0.5, 0.6) is 0 Å². The second-order valence-corrected chi connectivity index (χ2v) is 7.40. The topological polar surface area (TPSA) is 104 Å². The molecule has 0 spiro atoms. The van der Waals surface area contributed by atoms with E-state index in [0.29, 0.717) is 11.4 Å². The van der Waals surface area contributed by atoms with Gasteiger partial charge in [-0.25, -0.2) is 0 Å². The molecule has 7 heteroatoms. The lowest BCUT2D eigenvalue weighted by atomic mass is 9.82. The molecule has 3 N–H and O–H groups in total. The van der Waals surface area contributed by atoms with E-state index >= 15 is 0 Å². The Hall–Kier alpha value is -2.70. The molecule has 0 saturated heterocycles. The zero-order valence-electron chi connectivity index (χ0n) is 15.4. The summed E-state index contributed by atoms with van der Waals surface area (Å²) in [5.74, 6) is -2.00. The lowest BCUT2D eigenvalue weighted by Gasteiger charge is -2.28. The first-order chi connectivity index (χ1) is 13.3. The van der Waals surface area contributed by atoms with Gasteiger partial charge < -0.3 is 15.5 Å². The molecule has 2 aromatic rings. The highest BCUT2D eigenvalue weighted by atomic mass is 35.5. The van der Waals surface area contributed by atoms with Crippen LogP contribution >= 0.6 is 11.6 Å². The molecule has 0 heterocycles. The number of aliphatic carboxylic acids is 1. The number of rotatable bonds is 9. The van der Waals surface area contributed by atoms with Crippen LogP contribution in [0.2, 0.25) is 5.02 Å². The summed E-state index contributed by atoms with van der Waals surface area (Å²) in [4.78, 5) is 33.7. The van der Waals surface area contributed by atoms with Crippen LogP contribution in [0.1, 0.15) is 18.9 Å². The van der Waals surface area contributed by atoms with Gasteiger partial charge in [0.1, 0.15) is 0 Å². The lowest BCUT2D eigenvalue weighted by Crippen LogP contribution is -2.44. The van der Waals surface area contributed by atoms with Gasteiger partial charge in [0.25, 0.3) is 5.91 Å². The van der Waals surface area contributed by atoms with Crippen molar-refractivity contribution in [1.29, 1.82) is 0 Å². The SMILES string of the molecule is CC(CO)(CC(Cc1ccc(-c2cccc(Cl)c2)cc1)NC(=O)C=O)C(=O)O. The maximum absolute atomic E-state index is 11.5. The maximum Gasteiger partial charge on any atom is 0.311 e. The second kappa shape index (κ2) is 9.48. The summed E-state index contributed by atoms with van der Waals surface area (Å²) in [5, 5.41) is 22.0. The number of hydrogen-bond acceptors (Lipinski definition) is 4. The van der Waals surface area contributed by atoms with Gasteiger partial charge in [-0.2, -0.15) is 0 Å². The van der Waals surface area contributed by atoms with E-state index in [1.807, 2.05) is 42.5 Å². The summed E-state index contributed by atoms with van der Waals surface area (Å²) in [6.45, 7) is 0.821. The van der Waals surface area contributed by atoms with Crippen molar-refractivity contribution in [2.75, 3.05) is 6.61 Å². The van der Waals surface area contributed by atoms with Crippen LogP contribution in [-0.2, 0) is 20.8 Å². The van der Waals surface area contributed by atoms with Crippen LogP contribution < -0.4 is 5.32 Å². The van der Waals surface area contributed by atoms with E-state index in [-0.39, 0.29) is 12.7 Å². The number of benzene rings is 2. The number of aliphatic hydroxyl groups is 1. The summed E-state index contributed by atoms with van der Waals surface area (Å²) in [6.07, 6.45) is 0.443. The van der Waals surface area contributed by atoms with Gasteiger partial charge in [-0.15, -0.1) is 0 Å². The highest BCUT2D eigenvalue weighted by Gasteiger charge is 2.35. The van der Waals surface area contributed by atoms with Crippen molar-refractivity contribution in [3.63, 3.8) is 0 Å². The summed E-state index contributed by atoms with van der Waals surface area (Å²) in [7, 11) is 0. The van der Waals surface area contributed by atoms with Crippen molar-refractivity contribution in [3.8, 4) is 11.1 Å². The van der Waals surface area contributed by atoms with Crippen molar-refractivity contribution in [1.82, 2.24) is 5.32 Å². The number of aliphatic hydroxyl groups excluding tert-OH is 1. The zero-order chi connectivity index (χ0) is 20.7. The smallest absolute Gasteiger partial charge is 0.311 e. The zero-order valence-corrected chi connectivity index (χ0v) is 16.1. The predicted octanol–water partition coefficient (Wildman–Crippen LogP) is 2.71. The monoisotopic (exact) mass is 403 g/mol. The Balaban J connectivity index is 2.19. The molecule has 0 aromatic heterocycles. The summed E-state index contributed by atoms with van der Waals surface area (Å²) in [6, 6.07) is 14.4. The number of halogens is 1. The van der Waals surface area contributed by atoms with Crippen LogP contribution in [-0.4, -0.2) is 41.0 Å². The molecule has 0 radical (unpaired) electrons. The van der Waals surface area contributed by atoms with E-state index in [1.54, 1.807) is 6.07 Å². The number of carbonyl (C=O) groups is 3. The van der Waals surface area contributed by atoms with E-state index in [9.17, 15) is 24.6 Å². The quantitative estimate of drug-likeness (QED) is 0.441. The molecule has 0 aliphatic rings. The summed E-state index contributed by atoms with van der Waals surface area (Å²) >= 11 is 6.02. The summed E-state index contributed by atoms with van der Waals surface area (Å²) < 4.78 is 0. The Morgan fingerprint density at radius 1 is 1.18 bits per heavy atom. The predicted molar refractivity (Wildman–Crippen MR) is 106 cm³/mol. The number of amides is 1. The molecule has 2 unspecified atom stereocenters. The van der Waals surface area contributed by atoms with Crippen LogP contribution in [0.25, 0.3) is 11.1 Å². The van der Waals surface area contributed by atoms with Crippen LogP contribution in [0.3, 0.4) is 0 Å². The van der Waals surface area contributed by atoms with Crippen LogP contribution in [0, 0.1) is 5.41 Å². The Labute approximate surface area is 168 Å². The molecule has 6 nitrogen and oxygen atoms in total. The standard InChI is InChI=1S/C21H22ClNO5/c1-21(13-25,20(27)28)11-18(23-19(26)12-24)9-14-5-7-15(8-6-14)16-3-2-4-17(22)10-16/h2-8,10,12,18,25H,9,11,13H2,1H3,(H,23,26)(H,27,28). The largest absolute Gasteiger partial charge is 0.481 e. The minimum absolute atomic E-state index is 0.0194. The Kier molecular flexibility index (Phi) is 7.31. The molecule has 0 aliphatic heterocycles. The number of carboxylic acids is 1. The van der Waals surface area contributed by atoms with Crippen LogP contribution in [0.4, 0.5) is 0 Å². The van der Waals surface area contributed by atoms with Gasteiger partial charge in [0.05, 0.1) is 12.0 Å². The molecule has 0 fully saturated rings. The molecule has 0 aliphatic carbocycles. The molecule has 2 aromatic carbocycles. The highest BCUT2D eigenvalue weighted by Crippen LogP contribution is 2.26. The molecule has 0 saturated carbocycles. The third-order valence-electron chi connectivity index (χ3n) is 4.61. The number of carboxylic acid groups (broad SMARTS) is 1. The molecule has 2 atom stereocenters.